The van der Waals surface area contributed by atoms with Gasteiger partial charge in [0.15, 0.2) is 0 Å². The minimum atomic E-state index is -3.20. The number of halogens is 1. The lowest BCUT2D eigenvalue weighted by atomic mass is 10.2. The number of carbonyl (C=O) groups excluding carboxylic acids is 1. The number of piperazine rings is 1. The summed E-state index contributed by atoms with van der Waals surface area (Å²) in [5.74, 6) is -0.0698. The third-order valence-corrected chi connectivity index (χ3v) is 7.35. The average Bonchev–Trinajstić information content (AvgIpc) is 3.10. The van der Waals surface area contributed by atoms with Gasteiger partial charge in [0.1, 0.15) is 0 Å². The second-order valence-electron chi connectivity index (χ2n) is 6.15. The molecule has 1 saturated heterocycles. The Hall–Kier alpha value is -1.11. The van der Waals surface area contributed by atoms with E-state index in [0.29, 0.717) is 36.8 Å². The summed E-state index contributed by atoms with van der Waals surface area (Å²) in [4.78, 5) is 14.2. The molecule has 1 heterocycles. The summed E-state index contributed by atoms with van der Waals surface area (Å²) in [5.41, 5.74) is 0.585. The molecule has 1 aromatic carbocycles. The van der Waals surface area contributed by atoms with Gasteiger partial charge < -0.3 is 4.90 Å². The fraction of sp³-hybridized carbons (Fsp3) is 0.562. The molecule has 5 nitrogen and oxygen atoms in total. The van der Waals surface area contributed by atoms with E-state index < -0.39 is 10.0 Å². The fourth-order valence-corrected chi connectivity index (χ4v) is 5.47. The quantitative estimate of drug-likeness (QED) is 0.835. The van der Waals surface area contributed by atoms with Gasteiger partial charge in [0.25, 0.3) is 5.91 Å². The molecule has 1 amide bonds. The van der Waals surface area contributed by atoms with Crippen LogP contribution in [0.2, 0.25) is 5.02 Å². The van der Waals surface area contributed by atoms with Crippen molar-refractivity contribution >= 4 is 27.5 Å². The molecule has 1 aromatic rings. The number of amides is 1. The Kier molecular flexibility index (Phi) is 4.94. The van der Waals surface area contributed by atoms with E-state index in [1.807, 2.05) is 0 Å². The summed E-state index contributed by atoms with van der Waals surface area (Å²) in [7, 11) is -3.20. The monoisotopic (exact) mass is 356 g/mol. The number of carbonyl (C=O) groups is 1. The van der Waals surface area contributed by atoms with Crippen molar-refractivity contribution in [2.24, 2.45) is 0 Å². The van der Waals surface area contributed by atoms with Crippen LogP contribution in [-0.2, 0) is 10.0 Å². The molecule has 0 aromatic heterocycles. The van der Waals surface area contributed by atoms with Crippen LogP contribution in [0.25, 0.3) is 0 Å². The van der Waals surface area contributed by atoms with E-state index in [2.05, 4.69) is 0 Å². The number of benzene rings is 1. The lowest BCUT2D eigenvalue weighted by Crippen LogP contribution is -2.52. The first-order valence-corrected chi connectivity index (χ1v) is 9.90. The van der Waals surface area contributed by atoms with Gasteiger partial charge in [-0.25, -0.2) is 8.42 Å². The smallest absolute Gasteiger partial charge is 0.253 e. The van der Waals surface area contributed by atoms with E-state index in [9.17, 15) is 13.2 Å². The minimum absolute atomic E-state index is 0.0698. The molecule has 3 rings (SSSR count). The van der Waals surface area contributed by atoms with Gasteiger partial charge in [0.2, 0.25) is 10.0 Å². The maximum atomic E-state index is 12.6. The number of hydrogen-bond donors (Lipinski definition) is 0. The van der Waals surface area contributed by atoms with E-state index in [1.165, 1.54) is 0 Å². The van der Waals surface area contributed by atoms with Crippen LogP contribution in [0.5, 0.6) is 0 Å². The lowest BCUT2D eigenvalue weighted by molar-refractivity contribution is 0.0697. The molecule has 1 aliphatic carbocycles. The molecule has 0 spiro atoms. The van der Waals surface area contributed by atoms with E-state index >= 15 is 0 Å². The second kappa shape index (κ2) is 6.79. The third kappa shape index (κ3) is 3.54. The largest absolute Gasteiger partial charge is 0.336 e. The first-order chi connectivity index (χ1) is 11.0. The molecule has 2 fully saturated rings. The summed E-state index contributed by atoms with van der Waals surface area (Å²) < 4.78 is 26.7. The summed E-state index contributed by atoms with van der Waals surface area (Å²) in [5, 5.41) is 0.370. The van der Waals surface area contributed by atoms with Crippen molar-refractivity contribution in [1.82, 2.24) is 9.21 Å². The van der Waals surface area contributed by atoms with Crippen LogP contribution in [0.3, 0.4) is 0 Å². The summed E-state index contributed by atoms with van der Waals surface area (Å²) in [6.07, 6.45) is 3.54. The first kappa shape index (κ1) is 16.7. The Balaban J connectivity index is 1.62. The van der Waals surface area contributed by atoms with Crippen LogP contribution in [0, 0.1) is 0 Å². The van der Waals surface area contributed by atoms with E-state index in [4.69, 9.17) is 11.6 Å². The number of hydrogen-bond acceptors (Lipinski definition) is 3. The van der Waals surface area contributed by atoms with Crippen LogP contribution in [0.4, 0.5) is 0 Å². The van der Waals surface area contributed by atoms with Crippen LogP contribution >= 0.6 is 11.6 Å². The highest BCUT2D eigenvalue weighted by Gasteiger charge is 2.36. The van der Waals surface area contributed by atoms with Crippen LogP contribution in [0.1, 0.15) is 36.0 Å². The van der Waals surface area contributed by atoms with Crippen molar-refractivity contribution in [3.8, 4) is 0 Å². The maximum absolute atomic E-state index is 12.6. The van der Waals surface area contributed by atoms with Crippen molar-refractivity contribution in [1.29, 1.82) is 0 Å². The van der Waals surface area contributed by atoms with Gasteiger partial charge in [-0.1, -0.05) is 24.4 Å². The van der Waals surface area contributed by atoms with Gasteiger partial charge in [-0.05, 0) is 37.1 Å². The molecule has 1 saturated carbocycles. The Morgan fingerprint density at radius 3 is 2.13 bits per heavy atom. The molecule has 7 heteroatoms. The summed E-state index contributed by atoms with van der Waals surface area (Å²) in [6, 6.07) is 6.78. The number of sulfonamides is 1. The normalized spacial score (nSPS) is 20.8. The Labute approximate surface area is 142 Å². The SMILES string of the molecule is O=C(c1ccc(Cl)cc1)N1CCN(S(=O)(=O)C2CCCC2)CC1. The molecule has 0 radical (unpaired) electrons. The molecule has 126 valence electrons. The van der Waals surface area contributed by atoms with Crippen LogP contribution in [0.15, 0.2) is 24.3 Å². The van der Waals surface area contributed by atoms with Gasteiger partial charge in [-0.15, -0.1) is 0 Å². The highest BCUT2D eigenvalue weighted by Crippen LogP contribution is 2.27. The molecule has 2 aliphatic rings. The molecule has 23 heavy (non-hydrogen) atoms. The molecule has 0 N–H and O–H groups in total. The first-order valence-electron chi connectivity index (χ1n) is 8.02. The zero-order chi connectivity index (χ0) is 16.4. The zero-order valence-electron chi connectivity index (χ0n) is 12.9. The molecule has 1 aliphatic heterocycles. The van der Waals surface area contributed by atoms with Crippen molar-refractivity contribution in [3.63, 3.8) is 0 Å². The van der Waals surface area contributed by atoms with Gasteiger partial charge in [0, 0.05) is 36.8 Å². The summed E-state index contributed by atoms with van der Waals surface area (Å²) >= 11 is 5.84. The van der Waals surface area contributed by atoms with Crippen molar-refractivity contribution < 1.29 is 13.2 Å². The van der Waals surface area contributed by atoms with E-state index in [-0.39, 0.29) is 11.2 Å². The predicted molar refractivity (Wildman–Crippen MR) is 90.1 cm³/mol. The zero-order valence-corrected chi connectivity index (χ0v) is 14.5. The van der Waals surface area contributed by atoms with Crippen molar-refractivity contribution in [2.45, 2.75) is 30.9 Å². The van der Waals surface area contributed by atoms with Crippen molar-refractivity contribution in [2.75, 3.05) is 26.2 Å². The number of rotatable bonds is 3. The molecular weight excluding hydrogens is 336 g/mol. The minimum Gasteiger partial charge on any atom is -0.336 e. The van der Waals surface area contributed by atoms with Gasteiger partial charge in [-0.3, -0.25) is 4.79 Å². The van der Waals surface area contributed by atoms with E-state index in [0.717, 1.165) is 25.7 Å². The third-order valence-electron chi connectivity index (χ3n) is 4.70. The predicted octanol–water partition coefficient (Wildman–Crippen LogP) is 2.37. The van der Waals surface area contributed by atoms with E-state index in [1.54, 1.807) is 33.5 Å². The standard InChI is InChI=1S/C16H21ClN2O3S/c17-14-7-5-13(6-8-14)16(20)18-9-11-19(12-10-18)23(21,22)15-3-1-2-4-15/h5-8,15H,1-4,9-12H2. The van der Waals surface area contributed by atoms with Gasteiger partial charge in [-0.2, -0.15) is 4.31 Å². The molecule has 0 unspecified atom stereocenters. The van der Waals surface area contributed by atoms with Crippen LogP contribution in [-0.4, -0.2) is 55.0 Å². The lowest BCUT2D eigenvalue weighted by Gasteiger charge is -2.35. The Morgan fingerprint density at radius 2 is 1.57 bits per heavy atom. The number of nitrogens with zero attached hydrogens (tertiary/aromatic N) is 2. The molecule has 0 atom stereocenters. The van der Waals surface area contributed by atoms with Gasteiger partial charge in [0.05, 0.1) is 5.25 Å². The summed E-state index contributed by atoms with van der Waals surface area (Å²) in [6.45, 7) is 1.65. The maximum Gasteiger partial charge on any atom is 0.253 e. The van der Waals surface area contributed by atoms with Crippen LogP contribution < -0.4 is 0 Å². The average molecular weight is 357 g/mol. The van der Waals surface area contributed by atoms with Crippen molar-refractivity contribution in [3.05, 3.63) is 34.9 Å². The fourth-order valence-electron chi connectivity index (χ4n) is 3.32. The topological polar surface area (TPSA) is 57.7 Å². The van der Waals surface area contributed by atoms with Gasteiger partial charge >= 0.3 is 0 Å². The Morgan fingerprint density at radius 1 is 1.00 bits per heavy atom. The second-order valence-corrected chi connectivity index (χ2v) is 8.80. The Bertz CT molecular complexity index is 661. The highest BCUT2D eigenvalue weighted by atomic mass is 35.5. The highest BCUT2D eigenvalue weighted by molar-refractivity contribution is 7.89. The molecule has 0 bridgehead atoms. The molecular formula is C16H21ClN2O3S.